The Labute approximate surface area is 141 Å². The Morgan fingerprint density at radius 1 is 1.39 bits per heavy atom. The second kappa shape index (κ2) is 6.25. The fraction of sp³-hybridized carbons (Fsp3) is 0.556. The van der Waals surface area contributed by atoms with Crippen LogP contribution in [0.3, 0.4) is 0 Å². The first-order chi connectivity index (χ1) is 11.0. The predicted molar refractivity (Wildman–Crippen MR) is 86.6 cm³/mol. The summed E-state index contributed by atoms with van der Waals surface area (Å²) in [5.74, 6) is -1.56. The van der Waals surface area contributed by atoms with Crippen LogP contribution < -0.4 is 0 Å². The summed E-state index contributed by atoms with van der Waals surface area (Å²) in [6.07, 6.45) is 2.71. The van der Waals surface area contributed by atoms with E-state index < -0.39 is 17.5 Å². The summed E-state index contributed by atoms with van der Waals surface area (Å²) in [6, 6.07) is 5.38. The smallest absolute Gasteiger partial charge is 0.322 e. The molecule has 1 aliphatic carbocycles. The zero-order chi connectivity index (χ0) is 16.6. The number of ether oxygens (including phenoxy) is 2. The monoisotopic (exact) mass is 336 g/mol. The Bertz CT molecular complexity index is 620. The molecule has 0 aromatic heterocycles. The van der Waals surface area contributed by atoms with E-state index >= 15 is 0 Å². The Morgan fingerprint density at radius 2 is 2.17 bits per heavy atom. The van der Waals surface area contributed by atoms with Gasteiger partial charge in [0.25, 0.3) is 0 Å². The van der Waals surface area contributed by atoms with Gasteiger partial charge < -0.3 is 9.47 Å². The maximum Gasteiger partial charge on any atom is 0.322 e. The molecule has 3 unspecified atom stereocenters. The average Bonchev–Trinajstić information content (AvgIpc) is 2.72. The number of hydrogen-bond donors (Lipinski definition) is 0. The van der Waals surface area contributed by atoms with Gasteiger partial charge in [0.1, 0.15) is 5.92 Å². The van der Waals surface area contributed by atoms with Crippen molar-refractivity contribution in [3.05, 3.63) is 34.3 Å². The number of ketones is 1. The van der Waals surface area contributed by atoms with E-state index in [-0.39, 0.29) is 11.9 Å². The molecular weight excluding hydrogens is 316 g/mol. The van der Waals surface area contributed by atoms with E-state index in [0.717, 1.165) is 18.4 Å². The van der Waals surface area contributed by atoms with Crippen LogP contribution in [0.4, 0.5) is 0 Å². The van der Waals surface area contributed by atoms with Crippen molar-refractivity contribution >= 4 is 23.4 Å². The molecule has 1 saturated carbocycles. The minimum atomic E-state index is -1.04. The average molecular weight is 337 g/mol. The van der Waals surface area contributed by atoms with Crippen LogP contribution in [0.25, 0.3) is 0 Å². The van der Waals surface area contributed by atoms with Crippen molar-refractivity contribution in [3.8, 4) is 0 Å². The number of benzene rings is 1. The van der Waals surface area contributed by atoms with Crippen LogP contribution in [-0.4, -0.2) is 30.1 Å². The van der Waals surface area contributed by atoms with E-state index in [9.17, 15) is 9.59 Å². The number of Topliss-reactive ketones (excluding diaryl/α,β-unsaturated/α-hetero) is 1. The third kappa shape index (κ3) is 2.79. The number of rotatable bonds is 3. The first kappa shape index (κ1) is 16.5. The summed E-state index contributed by atoms with van der Waals surface area (Å²) in [5, 5.41) is 0.439. The van der Waals surface area contributed by atoms with Gasteiger partial charge in [0.05, 0.1) is 6.10 Å². The van der Waals surface area contributed by atoms with Crippen LogP contribution in [0.2, 0.25) is 5.02 Å². The van der Waals surface area contributed by atoms with Gasteiger partial charge in [-0.05, 0) is 50.3 Å². The molecule has 1 aliphatic heterocycles. The summed E-state index contributed by atoms with van der Waals surface area (Å²) in [7, 11) is 0. The molecule has 2 fully saturated rings. The van der Waals surface area contributed by atoms with Gasteiger partial charge in [-0.1, -0.05) is 23.7 Å². The maximum absolute atomic E-state index is 13.1. The first-order valence-corrected chi connectivity index (χ1v) is 8.50. The minimum absolute atomic E-state index is 0.0309. The SMILES string of the molecule is CCOC1CCCC2(C1)OC(=O)C(c1c(C)cccc1Cl)C2=O. The van der Waals surface area contributed by atoms with E-state index in [1.165, 1.54) is 0 Å². The summed E-state index contributed by atoms with van der Waals surface area (Å²) in [4.78, 5) is 25.6. The molecular formula is C18H21ClO4. The van der Waals surface area contributed by atoms with Crippen molar-refractivity contribution in [2.45, 2.75) is 57.2 Å². The van der Waals surface area contributed by atoms with Gasteiger partial charge in [-0.3, -0.25) is 9.59 Å². The highest BCUT2D eigenvalue weighted by Crippen LogP contribution is 2.45. The number of esters is 1. The third-order valence-electron chi connectivity index (χ3n) is 4.87. The minimum Gasteiger partial charge on any atom is -0.450 e. The largest absolute Gasteiger partial charge is 0.450 e. The van der Waals surface area contributed by atoms with Gasteiger partial charge >= 0.3 is 5.97 Å². The molecule has 0 amide bonds. The molecule has 3 atom stereocenters. The van der Waals surface area contributed by atoms with Gasteiger partial charge in [-0.2, -0.15) is 0 Å². The van der Waals surface area contributed by atoms with E-state index in [2.05, 4.69) is 0 Å². The van der Waals surface area contributed by atoms with Crippen LogP contribution in [0.5, 0.6) is 0 Å². The molecule has 1 spiro atoms. The van der Waals surface area contributed by atoms with Crippen LogP contribution in [0, 0.1) is 6.92 Å². The van der Waals surface area contributed by atoms with E-state index in [0.29, 0.717) is 30.0 Å². The number of hydrogen-bond acceptors (Lipinski definition) is 4. The Balaban J connectivity index is 1.94. The molecule has 5 heteroatoms. The highest BCUT2D eigenvalue weighted by Gasteiger charge is 2.57. The fourth-order valence-corrected chi connectivity index (χ4v) is 4.14. The molecule has 23 heavy (non-hydrogen) atoms. The standard InChI is InChI=1S/C18H21ClO4/c1-3-22-12-7-5-9-18(10-12)16(20)15(17(21)23-18)14-11(2)6-4-8-13(14)19/h4,6,8,12,15H,3,5,7,9-10H2,1-2H3. The predicted octanol–water partition coefficient (Wildman–Crippen LogP) is 3.58. The van der Waals surface area contributed by atoms with Gasteiger partial charge in [-0.25, -0.2) is 0 Å². The number of carbonyl (C=O) groups is 2. The lowest BCUT2D eigenvalue weighted by atomic mass is 9.76. The second-order valence-electron chi connectivity index (χ2n) is 6.36. The van der Waals surface area contributed by atoms with Crippen LogP contribution in [-0.2, 0) is 19.1 Å². The van der Waals surface area contributed by atoms with Crippen molar-refractivity contribution in [1.29, 1.82) is 0 Å². The first-order valence-electron chi connectivity index (χ1n) is 8.12. The lowest BCUT2D eigenvalue weighted by molar-refractivity contribution is -0.160. The number of aryl methyl sites for hydroxylation is 1. The molecule has 1 saturated heterocycles. The molecule has 1 aromatic rings. The zero-order valence-corrected chi connectivity index (χ0v) is 14.2. The molecule has 4 nitrogen and oxygen atoms in total. The van der Waals surface area contributed by atoms with Crippen molar-refractivity contribution in [3.63, 3.8) is 0 Å². The summed E-state index contributed by atoms with van der Waals surface area (Å²) in [5.41, 5.74) is 0.382. The fourth-order valence-electron chi connectivity index (χ4n) is 3.81. The molecule has 3 rings (SSSR count). The van der Waals surface area contributed by atoms with Crippen molar-refractivity contribution in [2.75, 3.05) is 6.61 Å². The lowest BCUT2D eigenvalue weighted by Crippen LogP contribution is -2.44. The summed E-state index contributed by atoms with van der Waals surface area (Å²) < 4.78 is 11.3. The second-order valence-corrected chi connectivity index (χ2v) is 6.76. The molecule has 1 heterocycles. The number of carbonyl (C=O) groups excluding carboxylic acids is 2. The normalized spacial score (nSPS) is 30.7. The van der Waals surface area contributed by atoms with Crippen LogP contribution in [0.15, 0.2) is 18.2 Å². The topological polar surface area (TPSA) is 52.6 Å². The Hall–Kier alpha value is -1.39. The third-order valence-corrected chi connectivity index (χ3v) is 5.20. The molecule has 2 aliphatic rings. The highest BCUT2D eigenvalue weighted by atomic mass is 35.5. The quantitative estimate of drug-likeness (QED) is 0.625. The van der Waals surface area contributed by atoms with Gasteiger partial charge in [0.15, 0.2) is 11.4 Å². The molecule has 1 aromatic carbocycles. The van der Waals surface area contributed by atoms with Gasteiger partial charge in [-0.15, -0.1) is 0 Å². The van der Waals surface area contributed by atoms with E-state index in [4.69, 9.17) is 21.1 Å². The van der Waals surface area contributed by atoms with Gasteiger partial charge in [0, 0.05) is 18.1 Å². The Morgan fingerprint density at radius 3 is 2.87 bits per heavy atom. The number of halogens is 1. The zero-order valence-electron chi connectivity index (χ0n) is 13.4. The lowest BCUT2D eigenvalue weighted by Gasteiger charge is -2.35. The van der Waals surface area contributed by atoms with Crippen LogP contribution in [0.1, 0.15) is 49.7 Å². The summed E-state index contributed by atoms with van der Waals surface area (Å²) >= 11 is 6.26. The van der Waals surface area contributed by atoms with Crippen molar-refractivity contribution in [2.24, 2.45) is 0 Å². The van der Waals surface area contributed by atoms with Crippen molar-refractivity contribution in [1.82, 2.24) is 0 Å². The van der Waals surface area contributed by atoms with Crippen LogP contribution >= 0.6 is 11.6 Å². The van der Waals surface area contributed by atoms with Gasteiger partial charge in [0.2, 0.25) is 0 Å². The molecule has 0 N–H and O–H groups in total. The molecule has 124 valence electrons. The molecule has 0 radical (unpaired) electrons. The van der Waals surface area contributed by atoms with E-state index in [1.54, 1.807) is 6.07 Å². The van der Waals surface area contributed by atoms with E-state index in [1.807, 2.05) is 26.0 Å². The van der Waals surface area contributed by atoms with Crippen molar-refractivity contribution < 1.29 is 19.1 Å². The Kier molecular flexibility index (Phi) is 4.47. The molecule has 0 bridgehead atoms. The summed E-state index contributed by atoms with van der Waals surface area (Å²) in [6.45, 7) is 4.38. The highest BCUT2D eigenvalue weighted by molar-refractivity contribution is 6.32. The maximum atomic E-state index is 13.1.